The number of hydrogen-bond donors (Lipinski definition) is 1. The Hall–Kier alpha value is -5.40. The zero-order valence-corrected chi connectivity index (χ0v) is 24.1. The highest BCUT2D eigenvalue weighted by Gasteiger charge is 2.43. The molecule has 43 heavy (non-hydrogen) atoms. The fourth-order valence-electron chi connectivity index (χ4n) is 5.05. The molecule has 0 bridgehead atoms. The summed E-state index contributed by atoms with van der Waals surface area (Å²) in [7, 11) is 0. The van der Waals surface area contributed by atoms with E-state index in [1.807, 2.05) is 38.1 Å². The van der Waals surface area contributed by atoms with E-state index < -0.39 is 30.0 Å². The van der Waals surface area contributed by atoms with Crippen molar-refractivity contribution in [2.45, 2.75) is 13.8 Å². The first-order chi connectivity index (χ1) is 20.8. The molecule has 3 heterocycles. The molecule has 10 heteroatoms. The van der Waals surface area contributed by atoms with E-state index in [2.05, 4.69) is 58.3 Å². The van der Waals surface area contributed by atoms with Crippen molar-refractivity contribution >= 4 is 51.8 Å². The van der Waals surface area contributed by atoms with E-state index in [9.17, 15) is 19.5 Å². The van der Waals surface area contributed by atoms with E-state index in [0.29, 0.717) is 15.5 Å². The molecule has 1 N–H and O–H groups in total. The van der Waals surface area contributed by atoms with Crippen LogP contribution in [-0.4, -0.2) is 47.5 Å². The van der Waals surface area contributed by atoms with Crippen molar-refractivity contribution < 1.29 is 29.0 Å². The summed E-state index contributed by atoms with van der Waals surface area (Å²) in [6.07, 6.45) is 0. The first kappa shape index (κ1) is 27.8. The smallest absolute Gasteiger partial charge is 0.323 e. The molecule has 0 radical (unpaired) electrons. The van der Waals surface area contributed by atoms with Crippen LogP contribution in [0.15, 0.2) is 78.5 Å². The number of ether oxygens (including phenoxy) is 2. The monoisotopic (exact) mass is 591 g/mol. The van der Waals surface area contributed by atoms with Crippen molar-refractivity contribution in [3.8, 4) is 21.9 Å². The number of carboxylic acids is 1. The fourth-order valence-corrected chi connectivity index (χ4v) is 6.29. The second-order valence-electron chi connectivity index (χ2n) is 10.1. The van der Waals surface area contributed by atoms with Gasteiger partial charge in [-0.05, 0) is 55.8 Å². The number of hydrogen-bond acceptors (Lipinski definition) is 7. The summed E-state index contributed by atoms with van der Waals surface area (Å²) in [6.45, 7) is 11.3. The highest BCUT2D eigenvalue weighted by molar-refractivity contribution is 7.18. The van der Waals surface area contributed by atoms with Crippen LogP contribution in [0.1, 0.15) is 16.0 Å². The van der Waals surface area contributed by atoms with Gasteiger partial charge in [0.05, 0.1) is 21.9 Å². The number of fused-ring (bicyclic) bond motifs is 1. The fraction of sp³-hybridized carbons (Fsp3) is 0.152. The van der Waals surface area contributed by atoms with Gasteiger partial charge >= 0.3 is 5.97 Å². The Morgan fingerprint density at radius 1 is 0.837 bits per heavy atom. The van der Waals surface area contributed by atoms with E-state index >= 15 is 0 Å². The number of aliphatic carboxylic acids is 1. The van der Waals surface area contributed by atoms with Crippen molar-refractivity contribution in [2.75, 3.05) is 24.7 Å². The van der Waals surface area contributed by atoms with Crippen LogP contribution in [0.3, 0.4) is 0 Å². The Balaban J connectivity index is 1.42. The number of rotatable bonds is 7. The van der Waals surface area contributed by atoms with Crippen LogP contribution in [0.2, 0.25) is 0 Å². The van der Waals surface area contributed by atoms with E-state index in [1.165, 1.54) is 11.3 Å². The summed E-state index contributed by atoms with van der Waals surface area (Å²) in [5.41, 5.74) is 5.45. The van der Waals surface area contributed by atoms with Crippen molar-refractivity contribution in [3.63, 3.8) is 0 Å². The van der Waals surface area contributed by atoms with Gasteiger partial charge in [0.1, 0.15) is 19.8 Å². The summed E-state index contributed by atoms with van der Waals surface area (Å²) in [5.74, 6) is -2.45. The minimum Gasteiger partial charge on any atom is -0.485 e. The molecule has 0 saturated heterocycles. The molecule has 0 saturated carbocycles. The Kier molecular flexibility index (Phi) is 7.17. The molecular weight excluding hydrogens is 566 g/mol. The lowest BCUT2D eigenvalue weighted by Gasteiger charge is -2.26. The Morgan fingerprint density at radius 3 is 1.81 bits per heavy atom. The van der Waals surface area contributed by atoms with Crippen LogP contribution in [0.25, 0.3) is 20.9 Å². The Bertz CT molecular complexity index is 1790. The zero-order chi connectivity index (χ0) is 30.2. The van der Waals surface area contributed by atoms with Crippen LogP contribution in [0.4, 0.5) is 17.1 Å². The first-order valence-electron chi connectivity index (χ1n) is 13.4. The number of carbonyl (C=O) groups is 3. The summed E-state index contributed by atoms with van der Waals surface area (Å²) in [5, 5.41) is 9.21. The maximum atomic E-state index is 13.2. The third-order valence-corrected chi connectivity index (χ3v) is 8.37. The van der Waals surface area contributed by atoms with Crippen LogP contribution in [-0.2, 0) is 14.4 Å². The molecule has 4 aromatic rings. The topological polar surface area (TPSA) is 101 Å². The number of thiophene rings is 1. The predicted octanol–water partition coefficient (Wildman–Crippen LogP) is 6.36. The minimum absolute atomic E-state index is 0.166. The van der Waals surface area contributed by atoms with Crippen molar-refractivity contribution in [1.82, 2.24) is 4.90 Å². The Labute approximate surface area is 251 Å². The van der Waals surface area contributed by atoms with E-state index in [4.69, 9.17) is 16.0 Å². The number of aryl methyl sites for hydroxylation is 2. The van der Waals surface area contributed by atoms with Crippen LogP contribution < -0.4 is 14.4 Å². The molecule has 214 valence electrons. The third kappa shape index (κ3) is 5.00. The molecule has 6 rings (SSSR count). The van der Waals surface area contributed by atoms with Gasteiger partial charge in [-0.15, -0.1) is 11.3 Å². The quantitative estimate of drug-likeness (QED) is 0.197. The lowest BCUT2D eigenvalue weighted by molar-refractivity contribution is -0.147. The van der Waals surface area contributed by atoms with Gasteiger partial charge in [-0.2, -0.15) is 0 Å². The molecule has 2 amide bonds. The summed E-state index contributed by atoms with van der Waals surface area (Å²) in [6, 6.07) is 24.5. The van der Waals surface area contributed by atoms with Gasteiger partial charge in [-0.25, -0.2) is 4.85 Å². The summed E-state index contributed by atoms with van der Waals surface area (Å²) >= 11 is 1.17. The highest BCUT2D eigenvalue weighted by Crippen LogP contribution is 2.53. The van der Waals surface area contributed by atoms with Gasteiger partial charge in [0.25, 0.3) is 17.5 Å². The van der Waals surface area contributed by atoms with Crippen LogP contribution >= 0.6 is 11.3 Å². The van der Waals surface area contributed by atoms with Gasteiger partial charge in [0, 0.05) is 17.1 Å². The molecule has 0 fully saturated rings. The molecule has 9 nitrogen and oxygen atoms in total. The number of amides is 2. The molecule has 2 aliphatic heterocycles. The number of imide groups is 1. The number of nitrogens with zero attached hydrogens (tertiary/aromatic N) is 3. The van der Waals surface area contributed by atoms with Crippen LogP contribution in [0.5, 0.6) is 11.5 Å². The SMILES string of the molecule is [C-]#[N+]C1=C(c2sc(-c3ccc(N(c4ccc(C)cc4)c4ccc(C)cc4)cc3)c3c2OCCO3)C(=O)N(CC(=O)O)C1=O. The second kappa shape index (κ2) is 11.1. The molecule has 3 aromatic carbocycles. The lowest BCUT2D eigenvalue weighted by Crippen LogP contribution is -2.36. The molecule has 0 aliphatic carbocycles. The van der Waals surface area contributed by atoms with Gasteiger partial charge in [-0.3, -0.25) is 19.3 Å². The average molecular weight is 592 g/mol. The minimum atomic E-state index is -1.36. The number of carbonyl (C=O) groups excluding carboxylic acids is 2. The van der Waals surface area contributed by atoms with E-state index in [0.717, 1.165) is 33.8 Å². The van der Waals surface area contributed by atoms with Crippen molar-refractivity contribution in [3.05, 3.63) is 106 Å². The molecule has 0 unspecified atom stereocenters. The Morgan fingerprint density at radius 2 is 1.33 bits per heavy atom. The highest BCUT2D eigenvalue weighted by atomic mass is 32.1. The maximum absolute atomic E-state index is 13.2. The molecule has 0 spiro atoms. The van der Waals surface area contributed by atoms with Gasteiger partial charge in [0.2, 0.25) is 0 Å². The molecule has 0 atom stereocenters. The van der Waals surface area contributed by atoms with Crippen molar-refractivity contribution in [1.29, 1.82) is 0 Å². The average Bonchev–Trinajstić information content (AvgIpc) is 3.49. The summed E-state index contributed by atoms with van der Waals surface area (Å²) < 4.78 is 11.9. The number of anilines is 3. The van der Waals surface area contributed by atoms with E-state index in [-0.39, 0.29) is 29.4 Å². The van der Waals surface area contributed by atoms with Gasteiger partial charge in [-0.1, -0.05) is 47.5 Å². The number of carboxylic acid groups (broad SMARTS) is 1. The van der Waals surface area contributed by atoms with Gasteiger partial charge < -0.3 is 19.5 Å². The van der Waals surface area contributed by atoms with E-state index in [1.54, 1.807) is 0 Å². The third-order valence-electron chi connectivity index (χ3n) is 7.15. The summed E-state index contributed by atoms with van der Waals surface area (Å²) in [4.78, 5) is 44.3. The van der Waals surface area contributed by atoms with Gasteiger partial charge in [0.15, 0.2) is 11.5 Å². The maximum Gasteiger partial charge on any atom is 0.323 e. The zero-order valence-electron chi connectivity index (χ0n) is 23.3. The molecular formula is C33H25N3O6S. The molecule has 2 aliphatic rings. The number of benzene rings is 3. The van der Waals surface area contributed by atoms with Crippen LogP contribution in [0, 0.1) is 20.4 Å². The standard InChI is InChI=1S/C33H25N3O6S/c1-19-4-10-22(11-5-19)36(23-12-6-20(2)7-13-23)24-14-8-21(9-15-24)30-28-29(42-17-16-41-28)31(43-30)26-27(34-3)33(40)35(32(26)39)18-25(37)38/h4-15H,16-18H2,1-2H3,(H,37,38). The first-order valence-corrected chi connectivity index (χ1v) is 14.2. The largest absolute Gasteiger partial charge is 0.485 e. The second-order valence-corrected chi connectivity index (χ2v) is 11.1. The molecule has 1 aromatic heterocycles. The van der Waals surface area contributed by atoms with Crippen molar-refractivity contribution in [2.24, 2.45) is 0 Å². The lowest BCUT2D eigenvalue weighted by atomic mass is 10.1. The normalized spacial score (nSPS) is 14.2. The predicted molar refractivity (Wildman–Crippen MR) is 163 cm³/mol.